The Hall–Kier alpha value is -1.98. The Balaban J connectivity index is 1.92. The molecule has 0 unspecified atom stereocenters. The molecule has 0 bridgehead atoms. The Bertz CT molecular complexity index is 761. The molecule has 0 saturated carbocycles. The average Bonchev–Trinajstić information content (AvgIpc) is 2.47. The van der Waals surface area contributed by atoms with Gasteiger partial charge in [0.25, 0.3) is 0 Å². The van der Waals surface area contributed by atoms with Crippen LogP contribution in [0.25, 0.3) is 10.8 Å². The quantitative estimate of drug-likeness (QED) is 0.796. The Kier molecular flexibility index (Phi) is 3.62. The van der Waals surface area contributed by atoms with E-state index >= 15 is 0 Å². The fraction of sp³-hybridized carbons (Fsp3) is 0.0667. The van der Waals surface area contributed by atoms with Gasteiger partial charge in [-0.2, -0.15) is 4.98 Å². The summed E-state index contributed by atoms with van der Waals surface area (Å²) < 4.78 is 6.72. The highest BCUT2D eigenvalue weighted by molar-refractivity contribution is 9.10. The van der Waals surface area contributed by atoms with Gasteiger partial charge in [-0.15, -0.1) is 0 Å². The summed E-state index contributed by atoms with van der Waals surface area (Å²) in [6.07, 6.45) is 1.64. The molecule has 0 aliphatic carbocycles. The van der Waals surface area contributed by atoms with E-state index in [1.54, 1.807) is 12.3 Å². The molecule has 0 amide bonds. The number of halogens is 1. The zero-order valence-corrected chi connectivity index (χ0v) is 12.2. The summed E-state index contributed by atoms with van der Waals surface area (Å²) >= 11 is 3.46. The van der Waals surface area contributed by atoms with Crippen LogP contribution in [0.2, 0.25) is 0 Å². The van der Waals surface area contributed by atoms with Crippen molar-refractivity contribution in [1.29, 1.82) is 0 Å². The summed E-state index contributed by atoms with van der Waals surface area (Å²) in [7, 11) is 0. The van der Waals surface area contributed by atoms with Crippen molar-refractivity contribution in [3.63, 3.8) is 0 Å². The van der Waals surface area contributed by atoms with E-state index in [4.69, 9.17) is 10.5 Å². The maximum atomic E-state index is 5.67. The molecule has 0 saturated heterocycles. The van der Waals surface area contributed by atoms with E-state index in [1.807, 2.05) is 30.3 Å². The molecule has 0 aliphatic heterocycles. The third kappa shape index (κ3) is 2.79. The van der Waals surface area contributed by atoms with Crippen LogP contribution in [0.5, 0.6) is 11.8 Å². The topological polar surface area (TPSA) is 61.0 Å². The second kappa shape index (κ2) is 5.56. The Labute approximate surface area is 124 Å². The van der Waals surface area contributed by atoms with Gasteiger partial charge in [0.2, 0.25) is 0 Å². The SMILES string of the molecule is NCc1ccnc(Oc2ccc3cc(Br)ccc3c2)n1. The lowest BCUT2D eigenvalue weighted by Gasteiger charge is -2.06. The lowest BCUT2D eigenvalue weighted by molar-refractivity contribution is 0.440. The molecule has 0 fully saturated rings. The van der Waals surface area contributed by atoms with Crippen LogP contribution in [0.4, 0.5) is 0 Å². The zero-order valence-electron chi connectivity index (χ0n) is 10.6. The number of benzene rings is 2. The lowest BCUT2D eigenvalue weighted by atomic mass is 10.1. The molecular formula is C15H12BrN3O. The maximum Gasteiger partial charge on any atom is 0.322 e. The van der Waals surface area contributed by atoms with Gasteiger partial charge in [-0.3, -0.25) is 0 Å². The van der Waals surface area contributed by atoms with E-state index in [2.05, 4.69) is 32.0 Å². The number of hydrogen-bond donors (Lipinski definition) is 1. The van der Waals surface area contributed by atoms with Gasteiger partial charge in [-0.25, -0.2) is 4.98 Å². The van der Waals surface area contributed by atoms with Gasteiger partial charge in [0.15, 0.2) is 0 Å². The molecule has 0 radical (unpaired) electrons. The number of fused-ring (bicyclic) bond motifs is 1. The molecule has 0 spiro atoms. The van der Waals surface area contributed by atoms with Crippen LogP contribution in [0.3, 0.4) is 0 Å². The summed E-state index contributed by atoms with van der Waals surface area (Å²) in [6, 6.07) is 14.0. The Morgan fingerprint density at radius 3 is 2.70 bits per heavy atom. The number of rotatable bonds is 3. The third-order valence-electron chi connectivity index (χ3n) is 2.88. The minimum Gasteiger partial charge on any atom is -0.424 e. The first-order valence-corrected chi connectivity index (χ1v) is 6.93. The largest absolute Gasteiger partial charge is 0.424 e. The van der Waals surface area contributed by atoms with Gasteiger partial charge < -0.3 is 10.5 Å². The van der Waals surface area contributed by atoms with Gasteiger partial charge >= 0.3 is 6.01 Å². The fourth-order valence-electron chi connectivity index (χ4n) is 1.90. The maximum absolute atomic E-state index is 5.67. The van der Waals surface area contributed by atoms with Crippen LogP contribution in [-0.4, -0.2) is 9.97 Å². The minimum atomic E-state index is 0.310. The van der Waals surface area contributed by atoms with Crippen molar-refractivity contribution in [2.45, 2.75) is 6.54 Å². The van der Waals surface area contributed by atoms with Crippen molar-refractivity contribution in [2.75, 3.05) is 0 Å². The van der Waals surface area contributed by atoms with E-state index < -0.39 is 0 Å². The molecule has 4 nitrogen and oxygen atoms in total. The van der Waals surface area contributed by atoms with Crippen LogP contribution in [0.15, 0.2) is 53.1 Å². The molecule has 3 aromatic rings. The number of hydrogen-bond acceptors (Lipinski definition) is 4. The second-order valence-corrected chi connectivity index (χ2v) is 5.21. The van der Waals surface area contributed by atoms with Crippen LogP contribution in [-0.2, 0) is 6.54 Å². The number of ether oxygens (including phenoxy) is 1. The molecule has 3 rings (SSSR count). The van der Waals surface area contributed by atoms with E-state index in [9.17, 15) is 0 Å². The van der Waals surface area contributed by atoms with Gasteiger partial charge in [0.05, 0.1) is 5.69 Å². The Morgan fingerprint density at radius 2 is 1.85 bits per heavy atom. The van der Waals surface area contributed by atoms with Crippen molar-refractivity contribution in [2.24, 2.45) is 5.73 Å². The molecule has 1 heterocycles. The van der Waals surface area contributed by atoms with Crippen molar-refractivity contribution in [3.8, 4) is 11.8 Å². The van der Waals surface area contributed by atoms with Crippen molar-refractivity contribution in [3.05, 3.63) is 58.8 Å². The molecule has 0 aliphatic rings. The van der Waals surface area contributed by atoms with Gasteiger partial charge in [0, 0.05) is 17.2 Å². The van der Waals surface area contributed by atoms with E-state index in [1.165, 1.54) is 0 Å². The van der Waals surface area contributed by atoms with Crippen LogP contribution in [0, 0.1) is 0 Å². The third-order valence-corrected chi connectivity index (χ3v) is 3.38. The number of nitrogens with zero attached hydrogens (tertiary/aromatic N) is 2. The molecule has 1 aromatic heterocycles. The van der Waals surface area contributed by atoms with Crippen LogP contribution in [0.1, 0.15) is 5.69 Å². The van der Waals surface area contributed by atoms with E-state index in [-0.39, 0.29) is 0 Å². The summed E-state index contributed by atoms with van der Waals surface area (Å²) in [5.74, 6) is 0.703. The smallest absolute Gasteiger partial charge is 0.322 e. The van der Waals surface area contributed by atoms with Crippen molar-refractivity contribution in [1.82, 2.24) is 9.97 Å². The molecular weight excluding hydrogens is 318 g/mol. The molecule has 100 valence electrons. The van der Waals surface area contributed by atoms with Crippen molar-refractivity contribution >= 4 is 26.7 Å². The predicted octanol–water partition coefficient (Wildman–Crippen LogP) is 3.64. The Morgan fingerprint density at radius 1 is 1.05 bits per heavy atom. The van der Waals surface area contributed by atoms with Gasteiger partial charge in [-0.1, -0.05) is 28.1 Å². The monoisotopic (exact) mass is 329 g/mol. The predicted molar refractivity (Wildman–Crippen MR) is 81.6 cm³/mol. The number of aromatic nitrogens is 2. The molecule has 2 aromatic carbocycles. The van der Waals surface area contributed by atoms with Gasteiger partial charge in [0.1, 0.15) is 5.75 Å². The normalized spacial score (nSPS) is 10.7. The first-order chi connectivity index (χ1) is 9.74. The molecule has 20 heavy (non-hydrogen) atoms. The highest BCUT2D eigenvalue weighted by Gasteiger charge is 2.03. The summed E-state index contributed by atoms with van der Waals surface area (Å²) in [4.78, 5) is 8.30. The summed E-state index contributed by atoms with van der Waals surface area (Å²) in [5, 5.41) is 2.24. The summed E-state index contributed by atoms with van der Waals surface area (Å²) in [5.41, 5.74) is 6.30. The average molecular weight is 330 g/mol. The highest BCUT2D eigenvalue weighted by atomic mass is 79.9. The summed E-state index contributed by atoms with van der Waals surface area (Å²) in [6.45, 7) is 0.366. The molecule has 2 N–H and O–H groups in total. The highest BCUT2D eigenvalue weighted by Crippen LogP contribution is 2.26. The van der Waals surface area contributed by atoms with E-state index in [0.29, 0.717) is 18.3 Å². The standard InChI is InChI=1S/C15H12BrN3O/c16-12-3-1-11-8-14(4-2-10(11)7-12)20-15-18-6-5-13(9-17)19-15/h1-8H,9,17H2. The van der Waals surface area contributed by atoms with Crippen LogP contribution >= 0.6 is 15.9 Å². The molecule has 0 atom stereocenters. The van der Waals surface area contributed by atoms with Crippen molar-refractivity contribution < 1.29 is 4.74 Å². The lowest BCUT2D eigenvalue weighted by Crippen LogP contribution is -2.01. The number of nitrogens with two attached hydrogens (primary N) is 1. The van der Waals surface area contributed by atoms with E-state index in [0.717, 1.165) is 20.9 Å². The minimum absolute atomic E-state index is 0.310. The van der Waals surface area contributed by atoms with Crippen LogP contribution < -0.4 is 10.5 Å². The second-order valence-electron chi connectivity index (χ2n) is 4.29. The first-order valence-electron chi connectivity index (χ1n) is 6.14. The van der Waals surface area contributed by atoms with Gasteiger partial charge in [-0.05, 0) is 41.1 Å². The molecule has 5 heteroatoms. The zero-order chi connectivity index (χ0) is 13.9. The first kappa shape index (κ1) is 13.0. The fourth-order valence-corrected chi connectivity index (χ4v) is 2.28.